The number of fused-ring (bicyclic) bond motifs is 1. The average molecular weight is 332 g/mol. The molecule has 2 aromatic carbocycles. The molecular formula is C19H16N4O2. The lowest BCUT2D eigenvalue weighted by molar-refractivity contribution is 0.682. The molecule has 2 heterocycles. The van der Waals surface area contributed by atoms with Gasteiger partial charge >= 0.3 is 5.69 Å². The second kappa shape index (κ2) is 5.90. The summed E-state index contributed by atoms with van der Waals surface area (Å²) in [4.78, 5) is 33.0. The molecule has 4 aromatic rings. The molecule has 0 saturated heterocycles. The second-order valence-corrected chi connectivity index (χ2v) is 5.88. The van der Waals surface area contributed by atoms with Crippen molar-refractivity contribution in [1.29, 1.82) is 0 Å². The fourth-order valence-corrected chi connectivity index (χ4v) is 2.98. The van der Waals surface area contributed by atoms with E-state index in [4.69, 9.17) is 0 Å². The van der Waals surface area contributed by atoms with Crippen molar-refractivity contribution >= 4 is 11.2 Å². The van der Waals surface area contributed by atoms with Crippen molar-refractivity contribution in [3.8, 4) is 5.69 Å². The minimum absolute atomic E-state index is 0.208. The molecule has 0 aliphatic heterocycles. The Morgan fingerprint density at radius 1 is 1.00 bits per heavy atom. The fraction of sp³-hybridized carbons (Fsp3) is 0.105. The molecule has 6 heteroatoms. The zero-order chi connectivity index (χ0) is 17.4. The van der Waals surface area contributed by atoms with Gasteiger partial charge in [-0.2, -0.15) is 0 Å². The van der Waals surface area contributed by atoms with Crippen molar-refractivity contribution in [2.24, 2.45) is 0 Å². The first-order valence-electron chi connectivity index (χ1n) is 7.95. The van der Waals surface area contributed by atoms with E-state index in [2.05, 4.69) is 9.97 Å². The molecule has 0 aliphatic rings. The molecule has 0 radical (unpaired) electrons. The number of aromatic nitrogens is 4. The third-order valence-electron chi connectivity index (χ3n) is 4.25. The van der Waals surface area contributed by atoms with Crippen LogP contribution in [0.2, 0.25) is 0 Å². The predicted octanol–water partition coefficient (Wildman–Crippen LogP) is 2.23. The van der Waals surface area contributed by atoms with Gasteiger partial charge in [0.15, 0.2) is 5.65 Å². The highest BCUT2D eigenvalue weighted by Gasteiger charge is 2.17. The van der Waals surface area contributed by atoms with Crippen LogP contribution >= 0.6 is 0 Å². The van der Waals surface area contributed by atoms with Gasteiger partial charge in [0.05, 0.1) is 18.6 Å². The molecule has 0 atom stereocenters. The first-order chi connectivity index (χ1) is 12.2. The van der Waals surface area contributed by atoms with Crippen LogP contribution < -0.4 is 11.2 Å². The highest BCUT2D eigenvalue weighted by Crippen LogP contribution is 2.15. The molecule has 0 spiro atoms. The Labute approximate surface area is 143 Å². The number of rotatable bonds is 3. The van der Waals surface area contributed by atoms with Gasteiger partial charge in [-0.15, -0.1) is 0 Å². The average Bonchev–Trinajstić information content (AvgIpc) is 3.11. The summed E-state index contributed by atoms with van der Waals surface area (Å²) in [5.74, 6) is 0. The lowest BCUT2D eigenvalue weighted by Crippen LogP contribution is -2.40. The van der Waals surface area contributed by atoms with Crippen LogP contribution in [-0.4, -0.2) is 19.1 Å². The Morgan fingerprint density at radius 3 is 2.48 bits per heavy atom. The number of aromatic amines is 1. The lowest BCUT2D eigenvalue weighted by Gasteiger charge is -2.13. The van der Waals surface area contributed by atoms with Gasteiger partial charge in [-0.1, -0.05) is 48.5 Å². The first-order valence-corrected chi connectivity index (χ1v) is 7.95. The molecule has 25 heavy (non-hydrogen) atoms. The largest absolute Gasteiger partial charge is 0.339 e. The molecule has 0 unspecified atom stereocenters. The van der Waals surface area contributed by atoms with E-state index in [9.17, 15) is 9.59 Å². The van der Waals surface area contributed by atoms with Gasteiger partial charge in [0.1, 0.15) is 5.52 Å². The SMILES string of the molecule is Cc1ccccc1-n1c(=O)n(Cc2ccccc2)c(=O)c2[nH]cnc21. The summed E-state index contributed by atoms with van der Waals surface area (Å²) in [5, 5.41) is 0. The van der Waals surface area contributed by atoms with Gasteiger partial charge in [0, 0.05) is 0 Å². The molecular weight excluding hydrogens is 316 g/mol. The lowest BCUT2D eigenvalue weighted by atomic mass is 10.2. The minimum Gasteiger partial charge on any atom is -0.339 e. The highest BCUT2D eigenvalue weighted by molar-refractivity contribution is 5.71. The van der Waals surface area contributed by atoms with E-state index in [0.717, 1.165) is 11.1 Å². The summed E-state index contributed by atoms with van der Waals surface area (Å²) >= 11 is 0. The van der Waals surface area contributed by atoms with Crippen LogP contribution in [0, 0.1) is 6.92 Å². The number of benzene rings is 2. The summed E-state index contributed by atoms with van der Waals surface area (Å²) in [7, 11) is 0. The summed E-state index contributed by atoms with van der Waals surface area (Å²) < 4.78 is 2.73. The monoisotopic (exact) mass is 332 g/mol. The van der Waals surface area contributed by atoms with Gasteiger partial charge in [-0.05, 0) is 24.1 Å². The second-order valence-electron chi connectivity index (χ2n) is 5.88. The Kier molecular flexibility index (Phi) is 3.57. The van der Waals surface area contributed by atoms with Crippen molar-refractivity contribution in [3.05, 3.63) is 92.9 Å². The van der Waals surface area contributed by atoms with Crippen molar-refractivity contribution in [2.45, 2.75) is 13.5 Å². The molecule has 1 N–H and O–H groups in total. The maximum absolute atomic E-state index is 13.1. The maximum Gasteiger partial charge on any atom is 0.337 e. The van der Waals surface area contributed by atoms with Crippen LogP contribution in [-0.2, 0) is 6.54 Å². The van der Waals surface area contributed by atoms with E-state index in [-0.39, 0.29) is 12.1 Å². The van der Waals surface area contributed by atoms with Crippen molar-refractivity contribution in [1.82, 2.24) is 19.1 Å². The van der Waals surface area contributed by atoms with E-state index in [1.54, 1.807) is 0 Å². The van der Waals surface area contributed by atoms with E-state index < -0.39 is 5.69 Å². The number of hydrogen-bond acceptors (Lipinski definition) is 3. The Morgan fingerprint density at radius 2 is 1.72 bits per heavy atom. The van der Waals surface area contributed by atoms with E-state index in [0.29, 0.717) is 16.9 Å². The molecule has 0 fully saturated rings. The molecule has 6 nitrogen and oxygen atoms in total. The smallest absolute Gasteiger partial charge is 0.337 e. The number of imidazole rings is 1. The number of aryl methyl sites for hydroxylation is 1. The number of para-hydroxylation sites is 1. The summed E-state index contributed by atoms with van der Waals surface area (Å²) in [6.45, 7) is 2.13. The molecule has 4 rings (SSSR count). The Bertz CT molecular complexity index is 1170. The Hall–Kier alpha value is -3.41. The van der Waals surface area contributed by atoms with Gasteiger partial charge in [0.2, 0.25) is 0 Å². The summed E-state index contributed by atoms with van der Waals surface area (Å²) in [6.07, 6.45) is 1.44. The van der Waals surface area contributed by atoms with Gasteiger partial charge in [-0.3, -0.25) is 9.36 Å². The normalized spacial score (nSPS) is 11.1. The summed E-state index contributed by atoms with van der Waals surface area (Å²) in [5.41, 5.74) is 2.42. The standard InChI is InChI=1S/C19H16N4O2/c1-13-7-5-6-10-15(13)23-17-16(20-12-21-17)18(24)22(19(23)25)11-14-8-3-2-4-9-14/h2-10,12H,11H2,1H3,(H,20,21). The van der Waals surface area contributed by atoms with Crippen LogP contribution in [0.15, 0.2) is 70.5 Å². The molecule has 0 aliphatic carbocycles. The van der Waals surface area contributed by atoms with E-state index >= 15 is 0 Å². The quantitative estimate of drug-likeness (QED) is 0.625. The summed E-state index contributed by atoms with van der Waals surface area (Å²) in [6, 6.07) is 17.0. The maximum atomic E-state index is 13.1. The molecule has 2 aromatic heterocycles. The third-order valence-corrected chi connectivity index (χ3v) is 4.25. The molecule has 0 bridgehead atoms. The van der Waals surface area contributed by atoms with E-state index in [1.165, 1.54) is 15.5 Å². The van der Waals surface area contributed by atoms with Crippen LogP contribution in [0.3, 0.4) is 0 Å². The van der Waals surface area contributed by atoms with Crippen molar-refractivity contribution < 1.29 is 0 Å². The topological polar surface area (TPSA) is 72.7 Å². The zero-order valence-corrected chi connectivity index (χ0v) is 13.6. The predicted molar refractivity (Wildman–Crippen MR) is 96.2 cm³/mol. The van der Waals surface area contributed by atoms with Crippen LogP contribution in [0.4, 0.5) is 0 Å². The van der Waals surface area contributed by atoms with Gasteiger partial charge in [-0.25, -0.2) is 14.3 Å². The molecule has 124 valence electrons. The fourth-order valence-electron chi connectivity index (χ4n) is 2.98. The van der Waals surface area contributed by atoms with Crippen LogP contribution in [0.25, 0.3) is 16.9 Å². The Balaban J connectivity index is 2.04. The zero-order valence-electron chi connectivity index (χ0n) is 13.6. The number of nitrogens with one attached hydrogen (secondary N) is 1. The molecule has 0 saturated carbocycles. The number of H-pyrrole nitrogens is 1. The molecule has 0 amide bonds. The van der Waals surface area contributed by atoms with Crippen molar-refractivity contribution in [2.75, 3.05) is 0 Å². The first kappa shape index (κ1) is 15.1. The van der Waals surface area contributed by atoms with Crippen LogP contribution in [0.5, 0.6) is 0 Å². The third kappa shape index (κ3) is 2.48. The highest BCUT2D eigenvalue weighted by atomic mass is 16.2. The number of hydrogen-bond donors (Lipinski definition) is 1. The minimum atomic E-state index is -0.400. The van der Waals surface area contributed by atoms with Crippen molar-refractivity contribution in [3.63, 3.8) is 0 Å². The van der Waals surface area contributed by atoms with Crippen LogP contribution in [0.1, 0.15) is 11.1 Å². The van der Waals surface area contributed by atoms with Gasteiger partial charge < -0.3 is 4.98 Å². The van der Waals surface area contributed by atoms with E-state index in [1.807, 2.05) is 61.5 Å². The number of nitrogens with zero attached hydrogens (tertiary/aromatic N) is 3. The van der Waals surface area contributed by atoms with Gasteiger partial charge in [0.25, 0.3) is 5.56 Å².